The van der Waals surface area contributed by atoms with Crippen LogP contribution in [0.25, 0.3) is 0 Å². The van der Waals surface area contributed by atoms with E-state index in [0.29, 0.717) is 0 Å². The quantitative estimate of drug-likeness (QED) is 0.120. The average Bonchev–Trinajstić information content (AvgIpc) is 3.26. The summed E-state index contributed by atoms with van der Waals surface area (Å²) >= 11 is 0.959. The second kappa shape index (κ2) is 8.37. The molecule has 0 aromatic carbocycles. The average molecular weight is 518 g/mol. The zero-order valence-corrected chi connectivity index (χ0v) is 18.7. The van der Waals surface area contributed by atoms with Crippen LogP contribution < -0.4 is 11.1 Å². The van der Waals surface area contributed by atoms with Gasteiger partial charge in [-0.1, -0.05) is 5.16 Å². The molecule has 2 atom stereocenters. The summed E-state index contributed by atoms with van der Waals surface area (Å²) < 4.78 is 37.6. The molecule has 0 unspecified atom stereocenters. The monoisotopic (exact) mass is 518 g/mol. The number of cyclic esters (lactones) is 1. The minimum absolute atomic E-state index is 0.0487. The Morgan fingerprint density at radius 2 is 2.12 bits per heavy atom. The van der Waals surface area contributed by atoms with Crippen molar-refractivity contribution in [3.05, 3.63) is 11.1 Å². The van der Waals surface area contributed by atoms with Crippen LogP contribution in [-0.4, -0.2) is 99.2 Å². The largest absolute Gasteiger partial charge is 0.478 e. The number of nitrogens with zero attached hydrogens (tertiary/aromatic N) is 4. The summed E-state index contributed by atoms with van der Waals surface area (Å²) in [6.45, 7) is -0.198. The van der Waals surface area contributed by atoms with E-state index in [-0.39, 0.29) is 47.7 Å². The Morgan fingerprint density at radius 1 is 1.41 bits per heavy atom. The fraction of sp³-hybridized carbons (Fsp3) is 0.500. The third kappa shape index (κ3) is 4.33. The van der Waals surface area contributed by atoms with Crippen molar-refractivity contribution in [2.24, 2.45) is 5.16 Å². The Hall–Kier alpha value is -3.51. The first kappa shape index (κ1) is 23.6. The van der Waals surface area contributed by atoms with Crippen molar-refractivity contribution in [3.63, 3.8) is 0 Å². The Morgan fingerprint density at radius 3 is 2.62 bits per heavy atom. The number of hydrogen-bond acceptors (Lipinski definition) is 12. The lowest BCUT2D eigenvalue weighted by Gasteiger charge is -2.45. The molecule has 34 heavy (non-hydrogen) atoms. The predicted molar refractivity (Wildman–Crippen MR) is 111 cm³/mol. The van der Waals surface area contributed by atoms with Gasteiger partial charge in [-0.3, -0.25) is 14.1 Å². The number of oxime groups is 1. The standard InChI is InChI=1S/C16H18N6O10S2/c17-14-18-7(6-33-14)9(20-32-16(1-2-16)13(25)26)11(23)19-10-8(5-21-3-4-31-15(21)27)22(12(10)24)34(28,29)30/h6,8,10H,1-5H2,(H2,17,18)(H,19,23)(H,25,26)(H,28,29,30)/t8-,10-/m0/s1. The summed E-state index contributed by atoms with van der Waals surface area (Å²) in [5.41, 5.74) is 3.44. The number of ether oxygens (including phenoxy) is 1. The van der Waals surface area contributed by atoms with Crippen LogP contribution in [0.4, 0.5) is 9.93 Å². The third-order valence-electron chi connectivity index (χ3n) is 5.34. The number of aliphatic carboxylic acids is 1. The molecule has 1 aromatic heterocycles. The smallest absolute Gasteiger partial charge is 0.410 e. The van der Waals surface area contributed by atoms with Crippen LogP contribution in [0, 0.1) is 0 Å². The van der Waals surface area contributed by atoms with E-state index in [1.54, 1.807) is 0 Å². The number of nitrogen functional groups attached to an aromatic ring is 1. The van der Waals surface area contributed by atoms with Crippen molar-refractivity contribution >= 4 is 56.4 Å². The molecule has 0 radical (unpaired) electrons. The maximum atomic E-state index is 13.0. The minimum atomic E-state index is -4.99. The SMILES string of the molecule is Nc1nc(C(=NOC2(C(=O)O)CC2)C(=O)N[C@@H]2C(=O)N(S(=O)(=O)O)[C@H]2CN2CCOC2=O)cs1. The Kier molecular flexibility index (Phi) is 5.82. The van der Waals surface area contributed by atoms with Gasteiger partial charge in [0.15, 0.2) is 10.8 Å². The van der Waals surface area contributed by atoms with E-state index in [1.165, 1.54) is 5.38 Å². The van der Waals surface area contributed by atoms with Gasteiger partial charge < -0.3 is 30.6 Å². The minimum Gasteiger partial charge on any atom is -0.478 e. The molecule has 184 valence electrons. The number of carbonyl (C=O) groups excluding carboxylic acids is 3. The molecule has 3 aliphatic rings. The van der Waals surface area contributed by atoms with E-state index in [9.17, 15) is 37.3 Å². The van der Waals surface area contributed by atoms with Gasteiger partial charge in [0, 0.05) is 24.8 Å². The topological polar surface area (TPSA) is 231 Å². The number of nitrogens with two attached hydrogens (primary N) is 1. The summed E-state index contributed by atoms with van der Waals surface area (Å²) in [5.74, 6) is -3.48. The summed E-state index contributed by atoms with van der Waals surface area (Å²) in [6, 6.07) is -2.81. The van der Waals surface area contributed by atoms with Crippen LogP contribution in [0.5, 0.6) is 0 Å². The summed E-state index contributed by atoms with van der Waals surface area (Å²) in [7, 11) is -4.99. The van der Waals surface area contributed by atoms with E-state index in [1.807, 2.05) is 0 Å². The van der Waals surface area contributed by atoms with Crippen molar-refractivity contribution in [1.82, 2.24) is 19.5 Å². The molecule has 18 heteroatoms. The zero-order chi connectivity index (χ0) is 24.8. The molecule has 1 aliphatic carbocycles. The van der Waals surface area contributed by atoms with Gasteiger partial charge in [-0.2, -0.15) is 8.42 Å². The molecule has 3 amide bonds. The van der Waals surface area contributed by atoms with Crippen LogP contribution in [0.3, 0.4) is 0 Å². The summed E-state index contributed by atoms with van der Waals surface area (Å²) in [6.07, 6.45) is -0.423. The highest BCUT2D eigenvalue weighted by Crippen LogP contribution is 2.40. The molecule has 2 aliphatic heterocycles. The molecular weight excluding hydrogens is 500 g/mol. The number of carbonyl (C=O) groups is 4. The van der Waals surface area contributed by atoms with E-state index in [2.05, 4.69) is 15.5 Å². The van der Waals surface area contributed by atoms with Gasteiger partial charge in [0.1, 0.15) is 18.3 Å². The van der Waals surface area contributed by atoms with Crippen molar-refractivity contribution in [1.29, 1.82) is 0 Å². The van der Waals surface area contributed by atoms with Crippen LogP contribution >= 0.6 is 11.3 Å². The normalized spacial score (nSPS) is 23.9. The van der Waals surface area contributed by atoms with E-state index in [0.717, 1.165) is 16.2 Å². The fourth-order valence-corrected chi connectivity index (χ4v) is 4.78. The lowest BCUT2D eigenvalue weighted by atomic mass is 9.97. The van der Waals surface area contributed by atoms with Crippen LogP contribution in [0.1, 0.15) is 18.5 Å². The van der Waals surface area contributed by atoms with Gasteiger partial charge in [0.25, 0.3) is 11.8 Å². The third-order valence-corrected chi connectivity index (χ3v) is 6.96. The highest BCUT2D eigenvalue weighted by atomic mass is 32.2. The lowest BCUT2D eigenvalue weighted by molar-refractivity contribution is -0.153. The number of thiazole rings is 1. The molecular formula is C16H18N6O10S2. The lowest BCUT2D eigenvalue weighted by Crippen LogP contribution is -2.74. The van der Waals surface area contributed by atoms with Gasteiger partial charge >= 0.3 is 22.4 Å². The second-order valence-electron chi connectivity index (χ2n) is 7.59. The number of aromatic nitrogens is 1. The molecule has 4 rings (SSSR count). The number of carboxylic acid groups (broad SMARTS) is 1. The number of rotatable bonds is 9. The van der Waals surface area contributed by atoms with Gasteiger partial charge in [-0.15, -0.1) is 11.3 Å². The highest BCUT2D eigenvalue weighted by molar-refractivity contribution is 7.84. The predicted octanol–water partition coefficient (Wildman–Crippen LogP) is -1.99. The molecule has 2 saturated heterocycles. The van der Waals surface area contributed by atoms with Crippen molar-refractivity contribution < 1.29 is 46.8 Å². The summed E-state index contributed by atoms with van der Waals surface area (Å²) in [5, 5.41) is 16.6. The zero-order valence-electron chi connectivity index (χ0n) is 17.1. The van der Waals surface area contributed by atoms with Gasteiger partial charge in [-0.05, 0) is 0 Å². The van der Waals surface area contributed by atoms with Gasteiger partial charge in [-0.25, -0.2) is 18.9 Å². The second-order valence-corrected chi connectivity index (χ2v) is 9.77. The van der Waals surface area contributed by atoms with Crippen LogP contribution in [0.2, 0.25) is 0 Å². The molecule has 3 fully saturated rings. The molecule has 0 bridgehead atoms. The van der Waals surface area contributed by atoms with Gasteiger partial charge in [0.05, 0.1) is 12.6 Å². The molecule has 16 nitrogen and oxygen atoms in total. The maximum Gasteiger partial charge on any atom is 0.410 e. The first-order valence-electron chi connectivity index (χ1n) is 9.67. The highest BCUT2D eigenvalue weighted by Gasteiger charge is 2.56. The number of anilines is 1. The molecule has 5 N–H and O–H groups in total. The number of hydrogen-bond donors (Lipinski definition) is 4. The van der Waals surface area contributed by atoms with Crippen molar-refractivity contribution in [2.45, 2.75) is 30.5 Å². The molecule has 1 saturated carbocycles. The van der Waals surface area contributed by atoms with E-state index < -0.39 is 57.6 Å². The van der Waals surface area contributed by atoms with Crippen LogP contribution in [0.15, 0.2) is 10.5 Å². The Bertz CT molecular complexity index is 1190. The van der Waals surface area contributed by atoms with Gasteiger partial charge in [0.2, 0.25) is 5.60 Å². The van der Waals surface area contributed by atoms with E-state index >= 15 is 0 Å². The number of β-lactam (4-membered cyclic amide) rings is 1. The fourth-order valence-electron chi connectivity index (χ4n) is 3.36. The molecule has 3 heterocycles. The van der Waals surface area contributed by atoms with Crippen molar-refractivity contribution in [3.8, 4) is 0 Å². The van der Waals surface area contributed by atoms with Crippen LogP contribution in [-0.2, 0) is 34.3 Å². The first-order valence-corrected chi connectivity index (χ1v) is 11.9. The summed E-state index contributed by atoms with van der Waals surface area (Å²) in [4.78, 5) is 58.6. The Balaban J connectivity index is 1.57. The van der Waals surface area contributed by atoms with E-state index in [4.69, 9.17) is 15.3 Å². The number of nitrogens with one attached hydrogen (secondary N) is 1. The molecule has 1 aromatic rings. The van der Waals surface area contributed by atoms with Crippen molar-refractivity contribution in [2.75, 3.05) is 25.4 Å². The Labute approximate surface area is 195 Å². The maximum absolute atomic E-state index is 13.0. The number of amides is 3. The first-order chi connectivity index (χ1) is 15.9. The number of carboxylic acids is 1. The molecule has 0 spiro atoms.